The van der Waals surface area contributed by atoms with Gasteiger partial charge in [0, 0.05) is 22.8 Å². The molecular formula is C19H18ClFN4O. The Bertz CT molecular complexity index is 932. The maximum Gasteiger partial charge on any atom is 0.143 e. The second-order valence-corrected chi connectivity index (χ2v) is 6.15. The molecule has 0 radical (unpaired) electrons. The Morgan fingerprint density at radius 1 is 0.962 bits per heavy atom. The van der Waals surface area contributed by atoms with E-state index < -0.39 is 0 Å². The van der Waals surface area contributed by atoms with Crippen LogP contribution in [-0.4, -0.2) is 17.1 Å². The molecule has 1 heterocycles. The third-order valence-electron chi connectivity index (χ3n) is 3.70. The predicted molar refractivity (Wildman–Crippen MR) is 102 cm³/mol. The molecule has 0 aliphatic carbocycles. The van der Waals surface area contributed by atoms with E-state index in [0.29, 0.717) is 28.2 Å². The first-order valence-electron chi connectivity index (χ1n) is 7.94. The summed E-state index contributed by atoms with van der Waals surface area (Å²) in [5.74, 6) is 2.11. The number of nitrogens with one attached hydrogen (secondary N) is 2. The van der Waals surface area contributed by atoms with E-state index >= 15 is 0 Å². The summed E-state index contributed by atoms with van der Waals surface area (Å²) in [6.07, 6.45) is 0. The largest absolute Gasteiger partial charge is 0.495 e. The van der Waals surface area contributed by atoms with Crippen LogP contribution in [0.25, 0.3) is 0 Å². The van der Waals surface area contributed by atoms with E-state index in [4.69, 9.17) is 16.3 Å². The van der Waals surface area contributed by atoms with Crippen molar-refractivity contribution in [3.8, 4) is 5.75 Å². The Balaban J connectivity index is 1.88. The maximum atomic E-state index is 13.0. The molecule has 134 valence electrons. The van der Waals surface area contributed by atoms with Crippen molar-refractivity contribution in [1.82, 2.24) is 9.97 Å². The lowest BCUT2D eigenvalue weighted by Gasteiger charge is -2.14. The molecule has 7 heteroatoms. The molecule has 5 nitrogen and oxygen atoms in total. The zero-order chi connectivity index (χ0) is 18.7. The molecule has 0 saturated heterocycles. The third-order valence-corrected chi connectivity index (χ3v) is 4.11. The van der Waals surface area contributed by atoms with Crippen molar-refractivity contribution in [1.29, 1.82) is 0 Å². The van der Waals surface area contributed by atoms with Gasteiger partial charge in [0.1, 0.15) is 29.0 Å². The fourth-order valence-electron chi connectivity index (χ4n) is 2.44. The van der Waals surface area contributed by atoms with Gasteiger partial charge in [0.05, 0.1) is 12.8 Å². The Morgan fingerprint density at radius 2 is 1.62 bits per heavy atom. The van der Waals surface area contributed by atoms with Crippen LogP contribution in [0.1, 0.15) is 11.4 Å². The first kappa shape index (κ1) is 17.9. The lowest BCUT2D eigenvalue weighted by Crippen LogP contribution is -2.02. The lowest BCUT2D eigenvalue weighted by atomic mass is 10.2. The first-order chi connectivity index (χ1) is 12.4. The SMILES string of the molecule is COc1cc(Cl)c(C)cc1Nc1cc(Nc2ccc(F)cc2)nc(C)n1. The summed E-state index contributed by atoms with van der Waals surface area (Å²) in [4.78, 5) is 8.76. The Morgan fingerprint density at radius 3 is 2.27 bits per heavy atom. The molecule has 0 spiro atoms. The van der Waals surface area contributed by atoms with Crippen LogP contribution in [0.5, 0.6) is 5.75 Å². The second-order valence-electron chi connectivity index (χ2n) is 5.74. The number of halogens is 2. The molecule has 0 fully saturated rings. The topological polar surface area (TPSA) is 59.1 Å². The summed E-state index contributed by atoms with van der Waals surface area (Å²) >= 11 is 6.15. The summed E-state index contributed by atoms with van der Waals surface area (Å²) in [5, 5.41) is 7.00. The molecule has 0 atom stereocenters. The minimum atomic E-state index is -0.290. The van der Waals surface area contributed by atoms with Crippen LogP contribution >= 0.6 is 11.6 Å². The van der Waals surface area contributed by atoms with Crippen LogP contribution in [0.3, 0.4) is 0 Å². The molecule has 0 unspecified atom stereocenters. The molecule has 26 heavy (non-hydrogen) atoms. The van der Waals surface area contributed by atoms with Gasteiger partial charge in [-0.2, -0.15) is 0 Å². The van der Waals surface area contributed by atoms with Crippen LogP contribution in [-0.2, 0) is 0 Å². The fourth-order valence-corrected chi connectivity index (χ4v) is 2.60. The number of benzene rings is 2. The monoisotopic (exact) mass is 372 g/mol. The van der Waals surface area contributed by atoms with Crippen molar-refractivity contribution >= 4 is 34.6 Å². The molecule has 0 aliphatic rings. The molecule has 2 N–H and O–H groups in total. The summed E-state index contributed by atoms with van der Waals surface area (Å²) < 4.78 is 18.4. The number of aryl methyl sites for hydroxylation is 2. The van der Waals surface area contributed by atoms with E-state index in [-0.39, 0.29) is 5.82 Å². The van der Waals surface area contributed by atoms with Crippen LogP contribution in [0.4, 0.5) is 27.4 Å². The minimum absolute atomic E-state index is 0.290. The van der Waals surface area contributed by atoms with Gasteiger partial charge in [-0.05, 0) is 49.7 Å². The van der Waals surface area contributed by atoms with E-state index in [0.717, 1.165) is 16.9 Å². The summed E-state index contributed by atoms with van der Waals surface area (Å²) in [5.41, 5.74) is 2.40. The van der Waals surface area contributed by atoms with Gasteiger partial charge in [-0.15, -0.1) is 0 Å². The van der Waals surface area contributed by atoms with Gasteiger partial charge >= 0.3 is 0 Å². The fraction of sp³-hybridized carbons (Fsp3) is 0.158. The number of hydrogen-bond acceptors (Lipinski definition) is 5. The van der Waals surface area contributed by atoms with Gasteiger partial charge in [0.25, 0.3) is 0 Å². The van der Waals surface area contributed by atoms with Crippen LogP contribution < -0.4 is 15.4 Å². The Hall–Kier alpha value is -2.86. The van der Waals surface area contributed by atoms with Gasteiger partial charge in [-0.3, -0.25) is 0 Å². The zero-order valence-electron chi connectivity index (χ0n) is 14.6. The first-order valence-corrected chi connectivity index (χ1v) is 8.32. The van der Waals surface area contributed by atoms with E-state index in [9.17, 15) is 4.39 Å². The Kier molecular flexibility index (Phi) is 5.23. The summed E-state index contributed by atoms with van der Waals surface area (Å²) in [7, 11) is 1.58. The number of aromatic nitrogens is 2. The van der Waals surface area contributed by atoms with E-state index in [1.54, 1.807) is 38.3 Å². The molecule has 1 aromatic heterocycles. The van der Waals surface area contributed by atoms with Crippen molar-refractivity contribution < 1.29 is 9.13 Å². The van der Waals surface area contributed by atoms with Crippen molar-refractivity contribution in [2.75, 3.05) is 17.7 Å². The highest BCUT2D eigenvalue weighted by Crippen LogP contribution is 2.33. The molecule has 0 bridgehead atoms. The standard InChI is InChI=1S/C19H18ClFN4O/c1-11-8-16(17(26-3)9-15(11)20)25-19-10-18(22-12(2)23-19)24-14-6-4-13(21)5-7-14/h4-10H,1-3H3,(H2,22,23,24,25). The molecule has 3 rings (SSSR count). The van der Waals surface area contributed by atoms with Crippen molar-refractivity contribution in [2.24, 2.45) is 0 Å². The van der Waals surface area contributed by atoms with Crippen LogP contribution in [0, 0.1) is 19.7 Å². The highest BCUT2D eigenvalue weighted by Gasteiger charge is 2.10. The molecule has 2 aromatic carbocycles. The number of rotatable bonds is 5. The maximum absolute atomic E-state index is 13.0. The smallest absolute Gasteiger partial charge is 0.143 e. The van der Waals surface area contributed by atoms with Crippen LogP contribution in [0.2, 0.25) is 5.02 Å². The van der Waals surface area contributed by atoms with Crippen LogP contribution in [0.15, 0.2) is 42.5 Å². The quantitative estimate of drug-likeness (QED) is 0.629. The highest BCUT2D eigenvalue weighted by molar-refractivity contribution is 6.31. The van der Waals surface area contributed by atoms with E-state index in [1.165, 1.54) is 12.1 Å². The lowest BCUT2D eigenvalue weighted by molar-refractivity contribution is 0.416. The Labute approximate surface area is 156 Å². The number of methoxy groups -OCH3 is 1. The van der Waals surface area contributed by atoms with Gasteiger partial charge in [0.2, 0.25) is 0 Å². The van der Waals surface area contributed by atoms with Crippen molar-refractivity contribution in [3.63, 3.8) is 0 Å². The molecule has 0 aliphatic heterocycles. The molecule has 3 aromatic rings. The predicted octanol–water partition coefficient (Wildman–Crippen LogP) is 5.38. The van der Waals surface area contributed by atoms with Crippen molar-refractivity contribution in [3.05, 3.63) is 64.7 Å². The van der Waals surface area contributed by atoms with E-state index in [2.05, 4.69) is 20.6 Å². The van der Waals surface area contributed by atoms with Gasteiger partial charge < -0.3 is 15.4 Å². The number of nitrogens with zero attached hydrogens (tertiary/aromatic N) is 2. The molecule has 0 saturated carbocycles. The van der Waals surface area contributed by atoms with Gasteiger partial charge in [-0.25, -0.2) is 14.4 Å². The van der Waals surface area contributed by atoms with E-state index in [1.807, 2.05) is 13.0 Å². The average Bonchev–Trinajstić information content (AvgIpc) is 2.59. The average molecular weight is 373 g/mol. The van der Waals surface area contributed by atoms with Crippen molar-refractivity contribution in [2.45, 2.75) is 13.8 Å². The molecule has 0 amide bonds. The normalized spacial score (nSPS) is 10.5. The zero-order valence-corrected chi connectivity index (χ0v) is 15.4. The molecular weight excluding hydrogens is 355 g/mol. The second kappa shape index (κ2) is 7.58. The summed E-state index contributed by atoms with van der Waals surface area (Å²) in [6, 6.07) is 11.5. The highest BCUT2D eigenvalue weighted by atomic mass is 35.5. The number of anilines is 4. The number of ether oxygens (including phenoxy) is 1. The van der Waals surface area contributed by atoms with Gasteiger partial charge in [0.15, 0.2) is 0 Å². The third kappa shape index (κ3) is 4.21. The number of hydrogen-bond donors (Lipinski definition) is 2. The summed E-state index contributed by atoms with van der Waals surface area (Å²) in [6.45, 7) is 3.71. The van der Waals surface area contributed by atoms with Gasteiger partial charge in [-0.1, -0.05) is 11.6 Å². The minimum Gasteiger partial charge on any atom is -0.495 e.